The van der Waals surface area contributed by atoms with Crippen molar-refractivity contribution in [1.29, 1.82) is 5.26 Å². The Morgan fingerprint density at radius 2 is 1.97 bits per heavy atom. The monoisotopic (exact) mass is 514 g/mol. The Hall–Kier alpha value is -4.41. The van der Waals surface area contributed by atoms with Crippen molar-refractivity contribution >= 4 is 28.5 Å². The number of allylic oxidation sites excluding steroid dienone is 1. The van der Waals surface area contributed by atoms with E-state index in [1.807, 2.05) is 31.2 Å². The van der Waals surface area contributed by atoms with Gasteiger partial charge in [0.2, 0.25) is 11.6 Å². The lowest BCUT2D eigenvalue weighted by Gasteiger charge is -2.27. The minimum atomic E-state index is -0.654. The molecule has 0 amide bonds. The SMILES string of the molecule is CCCOc1cccc(C2C(C#N)=C(N)Oc3cc(OC(=O)c4oc5ccc(Cl)cc5c4C)ccc32)c1. The van der Waals surface area contributed by atoms with Crippen molar-refractivity contribution in [3.8, 4) is 23.3 Å². The second kappa shape index (κ2) is 9.92. The van der Waals surface area contributed by atoms with Crippen LogP contribution in [0.2, 0.25) is 5.02 Å². The maximum atomic E-state index is 12.9. The van der Waals surface area contributed by atoms with E-state index in [1.165, 1.54) is 0 Å². The summed E-state index contributed by atoms with van der Waals surface area (Å²) in [5.74, 6) is 0.298. The zero-order valence-corrected chi connectivity index (χ0v) is 21.0. The third kappa shape index (κ3) is 4.59. The highest BCUT2D eigenvalue weighted by atomic mass is 35.5. The first-order valence-electron chi connectivity index (χ1n) is 11.7. The molecule has 8 heteroatoms. The highest BCUT2D eigenvalue weighted by Crippen LogP contribution is 2.44. The van der Waals surface area contributed by atoms with Crippen LogP contribution in [0.1, 0.15) is 46.5 Å². The van der Waals surface area contributed by atoms with Crippen molar-refractivity contribution in [3.63, 3.8) is 0 Å². The second-order valence-corrected chi connectivity index (χ2v) is 9.07. The number of halogens is 1. The first-order valence-corrected chi connectivity index (χ1v) is 12.1. The Morgan fingerprint density at radius 1 is 1.14 bits per heavy atom. The van der Waals surface area contributed by atoms with Gasteiger partial charge in [0.1, 0.15) is 34.5 Å². The molecule has 1 aliphatic rings. The molecule has 37 heavy (non-hydrogen) atoms. The average molecular weight is 515 g/mol. The number of hydrogen-bond acceptors (Lipinski definition) is 7. The van der Waals surface area contributed by atoms with Crippen LogP contribution >= 0.6 is 11.6 Å². The molecule has 0 saturated carbocycles. The van der Waals surface area contributed by atoms with E-state index in [1.54, 1.807) is 43.3 Å². The molecule has 2 heterocycles. The Balaban J connectivity index is 1.47. The lowest BCUT2D eigenvalue weighted by Crippen LogP contribution is -2.21. The molecule has 5 rings (SSSR count). The van der Waals surface area contributed by atoms with Gasteiger partial charge in [-0.25, -0.2) is 4.79 Å². The summed E-state index contributed by atoms with van der Waals surface area (Å²) in [7, 11) is 0. The topological polar surface area (TPSA) is 108 Å². The molecule has 0 fully saturated rings. The Kier molecular flexibility index (Phi) is 6.51. The van der Waals surface area contributed by atoms with Crippen molar-refractivity contribution in [1.82, 2.24) is 0 Å². The van der Waals surface area contributed by atoms with Crippen molar-refractivity contribution in [2.45, 2.75) is 26.2 Å². The number of nitrogens with zero attached hydrogens (tertiary/aromatic N) is 1. The number of carbonyl (C=O) groups excluding carboxylic acids is 1. The number of hydrogen-bond donors (Lipinski definition) is 1. The number of aryl methyl sites for hydroxylation is 1. The zero-order chi connectivity index (χ0) is 26.1. The molecule has 0 aliphatic carbocycles. The van der Waals surface area contributed by atoms with E-state index in [0.717, 1.165) is 17.4 Å². The summed E-state index contributed by atoms with van der Waals surface area (Å²) in [5.41, 5.74) is 9.15. The van der Waals surface area contributed by atoms with E-state index in [4.69, 9.17) is 36.0 Å². The molecule has 2 N–H and O–H groups in total. The first kappa shape index (κ1) is 24.3. The fraction of sp³-hybridized carbons (Fsp3) is 0.172. The van der Waals surface area contributed by atoms with Gasteiger partial charge >= 0.3 is 5.97 Å². The Morgan fingerprint density at radius 3 is 2.76 bits per heavy atom. The molecule has 0 radical (unpaired) electrons. The van der Waals surface area contributed by atoms with Crippen molar-refractivity contribution in [3.05, 3.63) is 99.6 Å². The maximum absolute atomic E-state index is 12.9. The molecule has 4 aromatic rings. The molecule has 0 spiro atoms. The van der Waals surface area contributed by atoms with Crippen LogP contribution in [0.25, 0.3) is 11.0 Å². The van der Waals surface area contributed by atoms with Crippen LogP contribution in [-0.2, 0) is 0 Å². The number of fused-ring (bicyclic) bond motifs is 2. The van der Waals surface area contributed by atoms with Crippen LogP contribution in [0.4, 0.5) is 0 Å². The average Bonchev–Trinajstić information content (AvgIpc) is 3.22. The maximum Gasteiger partial charge on any atom is 0.379 e. The molecule has 186 valence electrons. The molecule has 1 unspecified atom stereocenters. The van der Waals surface area contributed by atoms with Crippen LogP contribution in [0.3, 0.4) is 0 Å². The Bertz CT molecular complexity index is 1600. The molecule has 1 atom stereocenters. The normalized spacial score (nSPS) is 14.6. The number of benzene rings is 3. The number of nitrogens with two attached hydrogens (primary N) is 1. The minimum Gasteiger partial charge on any atom is -0.494 e. The van der Waals surface area contributed by atoms with Gasteiger partial charge in [-0.05, 0) is 55.3 Å². The number of nitriles is 1. The molecule has 0 bridgehead atoms. The van der Waals surface area contributed by atoms with Gasteiger partial charge in [-0.3, -0.25) is 0 Å². The second-order valence-electron chi connectivity index (χ2n) is 8.63. The third-order valence-electron chi connectivity index (χ3n) is 6.15. The van der Waals surface area contributed by atoms with E-state index >= 15 is 0 Å². The number of furan rings is 1. The molecule has 0 saturated heterocycles. The van der Waals surface area contributed by atoms with Crippen LogP contribution in [0.5, 0.6) is 17.2 Å². The van der Waals surface area contributed by atoms with Gasteiger partial charge in [0.25, 0.3) is 0 Å². The van der Waals surface area contributed by atoms with Crippen molar-refractivity contribution < 1.29 is 23.4 Å². The molecule has 1 aromatic heterocycles. The number of rotatable bonds is 6. The summed E-state index contributed by atoms with van der Waals surface area (Å²) in [6.07, 6.45) is 0.878. The van der Waals surface area contributed by atoms with Crippen LogP contribution in [0, 0.1) is 18.3 Å². The largest absolute Gasteiger partial charge is 0.494 e. The lowest BCUT2D eigenvalue weighted by atomic mass is 9.83. The summed E-state index contributed by atoms with van der Waals surface area (Å²) in [5, 5.41) is 11.1. The summed E-state index contributed by atoms with van der Waals surface area (Å²) >= 11 is 6.08. The van der Waals surface area contributed by atoms with Gasteiger partial charge in [0, 0.05) is 27.6 Å². The van der Waals surface area contributed by atoms with Gasteiger partial charge < -0.3 is 24.4 Å². The molecule has 1 aliphatic heterocycles. The zero-order valence-electron chi connectivity index (χ0n) is 20.2. The summed E-state index contributed by atoms with van der Waals surface area (Å²) in [4.78, 5) is 12.9. The van der Waals surface area contributed by atoms with E-state index in [9.17, 15) is 10.1 Å². The van der Waals surface area contributed by atoms with Crippen LogP contribution in [0.15, 0.2) is 76.5 Å². The van der Waals surface area contributed by atoms with E-state index in [2.05, 4.69) is 6.07 Å². The van der Waals surface area contributed by atoms with Gasteiger partial charge in [-0.15, -0.1) is 0 Å². The quantitative estimate of drug-likeness (QED) is 0.227. The van der Waals surface area contributed by atoms with Crippen LogP contribution in [-0.4, -0.2) is 12.6 Å². The predicted octanol–water partition coefficient (Wildman–Crippen LogP) is 6.62. The number of esters is 1. The molecular formula is C29H23ClN2O5. The minimum absolute atomic E-state index is 0.00614. The van der Waals surface area contributed by atoms with Gasteiger partial charge in [-0.1, -0.05) is 36.7 Å². The number of ether oxygens (including phenoxy) is 3. The van der Waals surface area contributed by atoms with Gasteiger partial charge in [0.15, 0.2) is 0 Å². The van der Waals surface area contributed by atoms with E-state index in [0.29, 0.717) is 45.4 Å². The fourth-order valence-corrected chi connectivity index (χ4v) is 4.56. The molecule has 7 nitrogen and oxygen atoms in total. The number of carbonyl (C=O) groups is 1. The Labute approximate surface area is 218 Å². The first-order chi connectivity index (χ1) is 17.9. The lowest BCUT2D eigenvalue weighted by molar-refractivity contribution is 0.0702. The summed E-state index contributed by atoms with van der Waals surface area (Å²) in [6, 6.07) is 19.9. The summed E-state index contributed by atoms with van der Waals surface area (Å²) in [6.45, 7) is 4.39. The summed E-state index contributed by atoms with van der Waals surface area (Å²) < 4.78 is 22.9. The van der Waals surface area contributed by atoms with Crippen molar-refractivity contribution in [2.24, 2.45) is 5.73 Å². The van der Waals surface area contributed by atoms with E-state index in [-0.39, 0.29) is 17.4 Å². The highest BCUT2D eigenvalue weighted by molar-refractivity contribution is 6.31. The fourth-order valence-electron chi connectivity index (χ4n) is 4.39. The van der Waals surface area contributed by atoms with E-state index < -0.39 is 11.9 Å². The van der Waals surface area contributed by atoms with Crippen molar-refractivity contribution in [2.75, 3.05) is 6.61 Å². The van der Waals surface area contributed by atoms with Crippen LogP contribution < -0.4 is 19.9 Å². The van der Waals surface area contributed by atoms with Gasteiger partial charge in [0.05, 0.1) is 12.5 Å². The molecule has 3 aromatic carbocycles. The molecular weight excluding hydrogens is 492 g/mol. The standard InChI is InChI=1S/C29H23ClN2O5/c1-3-11-34-19-6-4-5-17(12-19)26-21-9-8-20(14-25(21)37-28(32)23(26)15-31)35-29(33)27-16(2)22-13-18(30)7-10-24(22)36-27/h4-10,12-14,26H,3,11,32H2,1-2H3. The predicted molar refractivity (Wildman–Crippen MR) is 139 cm³/mol. The smallest absolute Gasteiger partial charge is 0.379 e. The van der Waals surface area contributed by atoms with Gasteiger partial charge in [-0.2, -0.15) is 5.26 Å². The highest BCUT2D eigenvalue weighted by Gasteiger charge is 2.31. The third-order valence-corrected chi connectivity index (χ3v) is 6.38.